The van der Waals surface area contributed by atoms with Gasteiger partial charge in [-0.1, -0.05) is 0 Å². The predicted molar refractivity (Wildman–Crippen MR) is 63.8 cm³/mol. The molecule has 0 aromatic heterocycles. The minimum absolute atomic E-state index is 0.0421. The average molecular weight is 242 g/mol. The molecule has 5 heteroatoms. The summed E-state index contributed by atoms with van der Waals surface area (Å²) in [5.74, 6) is 0.0421. The quantitative estimate of drug-likeness (QED) is 0.731. The lowest BCUT2D eigenvalue weighted by atomic mass is 10.1. The summed E-state index contributed by atoms with van der Waals surface area (Å²) in [6, 6.07) is -0.184. The number of carbonyl (C=O) groups excluding carboxylic acids is 1. The van der Waals surface area contributed by atoms with Crippen molar-refractivity contribution in [1.29, 1.82) is 0 Å². The molecule has 0 aromatic carbocycles. The van der Waals surface area contributed by atoms with Crippen LogP contribution in [-0.2, 0) is 14.3 Å². The number of ether oxygens (including phenoxy) is 2. The molecule has 2 rings (SSSR count). The van der Waals surface area contributed by atoms with E-state index in [1.807, 2.05) is 0 Å². The first-order valence-corrected chi connectivity index (χ1v) is 6.57. The number of hydrogen-bond donors (Lipinski definition) is 2. The van der Waals surface area contributed by atoms with Crippen molar-refractivity contribution in [2.24, 2.45) is 0 Å². The Labute approximate surface area is 102 Å². The van der Waals surface area contributed by atoms with Crippen molar-refractivity contribution in [3.05, 3.63) is 0 Å². The molecule has 1 amide bonds. The molecule has 2 fully saturated rings. The van der Waals surface area contributed by atoms with Crippen LogP contribution in [0.1, 0.15) is 25.7 Å². The minimum atomic E-state index is -0.184. The third-order valence-electron chi connectivity index (χ3n) is 3.28. The highest BCUT2D eigenvalue weighted by molar-refractivity contribution is 5.81. The second-order valence-electron chi connectivity index (χ2n) is 4.65. The van der Waals surface area contributed by atoms with Crippen LogP contribution in [0.3, 0.4) is 0 Å². The summed E-state index contributed by atoms with van der Waals surface area (Å²) in [5.41, 5.74) is 0. The molecule has 2 aliphatic heterocycles. The topological polar surface area (TPSA) is 59.6 Å². The van der Waals surface area contributed by atoms with Gasteiger partial charge in [-0.2, -0.15) is 0 Å². The molecule has 2 unspecified atom stereocenters. The summed E-state index contributed by atoms with van der Waals surface area (Å²) in [6.45, 7) is 3.49. The van der Waals surface area contributed by atoms with Crippen molar-refractivity contribution in [2.45, 2.75) is 37.8 Å². The van der Waals surface area contributed by atoms with E-state index in [2.05, 4.69) is 10.6 Å². The average Bonchev–Trinajstić information content (AvgIpc) is 2.41. The molecule has 98 valence electrons. The van der Waals surface area contributed by atoms with Gasteiger partial charge in [0.05, 0.1) is 19.3 Å². The van der Waals surface area contributed by atoms with Crippen LogP contribution in [0.15, 0.2) is 0 Å². The van der Waals surface area contributed by atoms with Crippen molar-refractivity contribution >= 4 is 5.91 Å². The zero-order valence-corrected chi connectivity index (χ0v) is 10.2. The first kappa shape index (κ1) is 12.8. The summed E-state index contributed by atoms with van der Waals surface area (Å²) in [5, 5.41) is 6.08. The van der Waals surface area contributed by atoms with Gasteiger partial charge in [0.15, 0.2) is 0 Å². The Hall–Kier alpha value is -0.650. The zero-order valence-electron chi connectivity index (χ0n) is 10.2. The summed E-state index contributed by atoms with van der Waals surface area (Å²) in [6.07, 6.45) is 4.79. The van der Waals surface area contributed by atoms with Crippen molar-refractivity contribution in [2.75, 3.05) is 32.9 Å². The van der Waals surface area contributed by atoms with E-state index < -0.39 is 0 Å². The molecule has 0 bridgehead atoms. The van der Waals surface area contributed by atoms with Crippen molar-refractivity contribution in [3.8, 4) is 0 Å². The summed E-state index contributed by atoms with van der Waals surface area (Å²) in [4.78, 5) is 11.7. The number of morpholine rings is 1. The molecule has 2 saturated heterocycles. The maximum Gasteiger partial charge on any atom is 0.239 e. The van der Waals surface area contributed by atoms with Crippen LogP contribution >= 0.6 is 0 Å². The van der Waals surface area contributed by atoms with E-state index >= 15 is 0 Å². The summed E-state index contributed by atoms with van der Waals surface area (Å²) < 4.78 is 10.9. The van der Waals surface area contributed by atoms with Crippen LogP contribution in [-0.4, -0.2) is 51.0 Å². The van der Waals surface area contributed by atoms with E-state index in [1.54, 1.807) is 0 Å². The molecule has 0 aromatic rings. The molecule has 2 N–H and O–H groups in total. The Morgan fingerprint density at radius 1 is 1.35 bits per heavy atom. The highest BCUT2D eigenvalue weighted by atomic mass is 16.5. The highest BCUT2D eigenvalue weighted by Gasteiger charge is 2.21. The standard InChI is InChI=1S/C12H22N2O3/c15-12(11-9-16-8-6-13-11)14-5-4-10-3-1-2-7-17-10/h10-11,13H,1-9H2,(H,14,15). The number of rotatable bonds is 4. The fraction of sp³-hybridized carbons (Fsp3) is 0.917. The van der Waals surface area contributed by atoms with Gasteiger partial charge in [-0.15, -0.1) is 0 Å². The second kappa shape index (κ2) is 6.93. The second-order valence-corrected chi connectivity index (χ2v) is 4.65. The molecule has 0 spiro atoms. The number of hydrogen-bond acceptors (Lipinski definition) is 4. The highest BCUT2D eigenvalue weighted by Crippen LogP contribution is 2.14. The van der Waals surface area contributed by atoms with Crippen LogP contribution in [0.25, 0.3) is 0 Å². The Kier molecular flexibility index (Phi) is 5.22. The fourth-order valence-electron chi connectivity index (χ4n) is 2.25. The Bertz CT molecular complexity index is 236. The largest absolute Gasteiger partial charge is 0.378 e. The minimum Gasteiger partial charge on any atom is -0.378 e. The lowest BCUT2D eigenvalue weighted by Gasteiger charge is -2.25. The molecule has 17 heavy (non-hydrogen) atoms. The Morgan fingerprint density at radius 2 is 2.29 bits per heavy atom. The number of nitrogens with one attached hydrogen (secondary N) is 2. The number of amides is 1. The molecule has 2 heterocycles. The number of carbonyl (C=O) groups is 1. The molecule has 0 radical (unpaired) electrons. The van der Waals surface area contributed by atoms with E-state index in [-0.39, 0.29) is 11.9 Å². The van der Waals surface area contributed by atoms with Crippen molar-refractivity contribution in [1.82, 2.24) is 10.6 Å². The van der Waals surface area contributed by atoms with Gasteiger partial charge in [0.1, 0.15) is 6.04 Å². The predicted octanol–water partition coefficient (Wildman–Crippen LogP) is 0.0502. The van der Waals surface area contributed by atoms with Gasteiger partial charge in [-0.25, -0.2) is 0 Å². The Morgan fingerprint density at radius 3 is 3.00 bits per heavy atom. The molecule has 0 aliphatic carbocycles. The lowest BCUT2D eigenvalue weighted by molar-refractivity contribution is -0.126. The Balaban J connectivity index is 1.58. The first-order chi connectivity index (χ1) is 8.36. The maximum atomic E-state index is 11.7. The van der Waals surface area contributed by atoms with E-state index in [1.165, 1.54) is 12.8 Å². The normalized spacial score (nSPS) is 29.9. The third kappa shape index (κ3) is 4.26. The molecular weight excluding hydrogens is 220 g/mol. The smallest absolute Gasteiger partial charge is 0.239 e. The van der Waals surface area contributed by atoms with Gasteiger partial charge in [-0.05, 0) is 25.7 Å². The van der Waals surface area contributed by atoms with Crippen LogP contribution in [0.2, 0.25) is 0 Å². The summed E-state index contributed by atoms with van der Waals surface area (Å²) in [7, 11) is 0. The van der Waals surface area contributed by atoms with Gasteiger partial charge in [0, 0.05) is 19.7 Å². The van der Waals surface area contributed by atoms with Crippen molar-refractivity contribution in [3.63, 3.8) is 0 Å². The van der Waals surface area contributed by atoms with Crippen LogP contribution < -0.4 is 10.6 Å². The van der Waals surface area contributed by atoms with E-state index in [4.69, 9.17) is 9.47 Å². The van der Waals surface area contributed by atoms with E-state index in [0.29, 0.717) is 25.9 Å². The van der Waals surface area contributed by atoms with Gasteiger partial charge >= 0.3 is 0 Å². The summed E-state index contributed by atoms with van der Waals surface area (Å²) >= 11 is 0. The van der Waals surface area contributed by atoms with Gasteiger partial charge < -0.3 is 20.1 Å². The monoisotopic (exact) mass is 242 g/mol. The van der Waals surface area contributed by atoms with Crippen LogP contribution in [0, 0.1) is 0 Å². The third-order valence-corrected chi connectivity index (χ3v) is 3.28. The first-order valence-electron chi connectivity index (χ1n) is 6.57. The van der Waals surface area contributed by atoms with E-state index in [0.717, 1.165) is 26.0 Å². The van der Waals surface area contributed by atoms with Crippen molar-refractivity contribution < 1.29 is 14.3 Å². The molecule has 2 aliphatic rings. The molecule has 5 nitrogen and oxygen atoms in total. The fourth-order valence-corrected chi connectivity index (χ4v) is 2.25. The van der Waals surface area contributed by atoms with Gasteiger partial charge in [0.25, 0.3) is 0 Å². The molecule has 2 atom stereocenters. The van der Waals surface area contributed by atoms with E-state index in [9.17, 15) is 4.79 Å². The molecule has 0 saturated carbocycles. The SMILES string of the molecule is O=C(NCCC1CCCCO1)C1COCCN1. The van der Waals surface area contributed by atoms with Gasteiger partial charge in [-0.3, -0.25) is 4.79 Å². The molecular formula is C12H22N2O3. The van der Waals surface area contributed by atoms with Crippen LogP contribution in [0.4, 0.5) is 0 Å². The van der Waals surface area contributed by atoms with Crippen LogP contribution in [0.5, 0.6) is 0 Å². The lowest BCUT2D eigenvalue weighted by Crippen LogP contribution is -2.51. The maximum absolute atomic E-state index is 11.7. The zero-order chi connectivity index (χ0) is 11.9. The van der Waals surface area contributed by atoms with Gasteiger partial charge in [0.2, 0.25) is 5.91 Å².